The lowest BCUT2D eigenvalue weighted by molar-refractivity contribution is 0.0916. The van der Waals surface area contributed by atoms with Gasteiger partial charge in [0.25, 0.3) is 5.91 Å². The van der Waals surface area contributed by atoms with Crippen LogP contribution in [0.2, 0.25) is 0 Å². The van der Waals surface area contributed by atoms with Gasteiger partial charge < -0.3 is 14.6 Å². The maximum Gasteiger partial charge on any atom is 0.286 e. The highest BCUT2D eigenvalue weighted by Gasteiger charge is 2.18. The summed E-state index contributed by atoms with van der Waals surface area (Å²) in [5.74, 6) is 0.681. The molecule has 1 N–H and O–H groups in total. The zero-order chi connectivity index (χ0) is 22.2. The van der Waals surface area contributed by atoms with Crippen molar-refractivity contribution in [2.45, 2.75) is 71.6 Å². The molecule has 0 spiro atoms. The second kappa shape index (κ2) is 11.4. The molecule has 1 aromatic carbocycles. The summed E-state index contributed by atoms with van der Waals surface area (Å²) in [4.78, 5) is 17.2. The average molecular weight is 430 g/mol. The lowest BCUT2D eigenvalue weighted by Gasteiger charge is -2.33. The van der Waals surface area contributed by atoms with Gasteiger partial charge in [0.2, 0.25) is 0 Å². The molecule has 31 heavy (non-hydrogen) atoms. The first-order chi connectivity index (χ1) is 14.9. The summed E-state index contributed by atoms with van der Waals surface area (Å²) < 4.78 is 19.3. The summed E-state index contributed by atoms with van der Waals surface area (Å²) in [6.45, 7) is 10.5. The number of benzene rings is 1. The first-order valence-electron chi connectivity index (χ1n) is 11.5. The number of likely N-dealkylation sites (tertiary alicyclic amines) is 1. The molecule has 1 aliphatic rings. The van der Waals surface area contributed by atoms with Gasteiger partial charge in [-0.1, -0.05) is 18.6 Å². The number of furan rings is 1. The summed E-state index contributed by atoms with van der Waals surface area (Å²) in [5, 5.41) is 2.97. The smallest absolute Gasteiger partial charge is 0.286 e. The van der Waals surface area contributed by atoms with Crippen LogP contribution in [-0.4, -0.2) is 47.4 Å². The van der Waals surface area contributed by atoms with Gasteiger partial charge in [-0.2, -0.15) is 0 Å². The molecule has 3 rings (SSSR count). The molecular weight excluding hydrogens is 393 g/mol. The fourth-order valence-corrected chi connectivity index (χ4v) is 4.14. The van der Waals surface area contributed by atoms with E-state index in [1.54, 1.807) is 18.2 Å². The molecule has 0 bridgehead atoms. The Hall–Kier alpha value is -2.18. The SMILES string of the molecule is CC(C)N(Cc1cccc(F)c1)Cc1ccc(C(=O)NCCCN2CCCC[C@H]2C)o1. The summed E-state index contributed by atoms with van der Waals surface area (Å²) in [6.07, 6.45) is 4.82. The zero-order valence-corrected chi connectivity index (χ0v) is 19.1. The van der Waals surface area contributed by atoms with Crippen LogP contribution >= 0.6 is 0 Å². The van der Waals surface area contributed by atoms with E-state index in [1.165, 1.54) is 31.9 Å². The number of nitrogens with one attached hydrogen (secondary N) is 1. The topological polar surface area (TPSA) is 48.7 Å². The lowest BCUT2D eigenvalue weighted by atomic mass is 10.0. The third-order valence-electron chi connectivity index (χ3n) is 6.10. The molecule has 1 amide bonds. The van der Waals surface area contributed by atoms with Crippen LogP contribution in [0.25, 0.3) is 0 Å². The molecule has 1 aliphatic heterocycles. The number of carbonyl (C=O) groups excluding carboxylic acids is 1. The minimum atomic E-state index is -0.229. The van der Waals surface area contributed by atoms with E-state index in [0.717, 1.165) is 24.3 Å². The van der Waals surface area contributed by atoms with Gasteiger partial charge in [0.1, 0.15) is 11.6 Å². The second-order valence-electron chi connectivity index (χ2n) is 8.88. The number of halogens is 1. The second-order valence-corrected chi connectivity index (χ2v) is 8.88. The molecule has 0 saturated carbocycles. The fraction of sp³-hybridized carbons (Fsp3) is 0.560. The van der Waals surface area contributed by atoms with Gasteiger partial charge in [-0.25, -0.2) is 4.39 Å². The maximum atomic E-state index is 13.5. The number of hydrogen-bond donors (Lipinski definition) is 1. The quantitative estimate of drug-likeness (QED) is 0.550. The highest BCUT2D eigenvalue weighted by atomic mass is 19.1. The summed E-state index contributed by atoms with van der Waals surface area (Å²) >= 11 is 0. The van der Waals surface area contributed by atoms with Gasteiger partial charge in [-0.05, 0) is 76.4 Å². The third kappa shape index (κ3) is 7.18. The largest absolute Gasteiger partial charge is 0.455 e. The average Bonchev–Trinajstić information content (AvgIpc) is 3.20. The van der Waals surface area contributed by atoms with Gasteiger partial charge in [0.05, 0.1) is 6.54 Å². The van der Waals surface area contributed by atoms with E-state index in [-0.39, 0.29) is 17.8 Å². The Balaban J connectivity index is 1.47. The Morgan fingerprint density at radius 3 is 2.84 bits per heavy atom. The van der Waals surface area contributed by atoms with E-state index in [2.05, 4.69) is 35.9 Å². The lowest BCUT2D eigenvalue weighted by Crippen LogP contribution is -2.39. The van der Waals surface area contributed by atoms with Crippen LogP contribution in [0.5, 0.6) is 0 Å². The standard InChI is InChI=1S/C25H36FN3O2/c1-19(2)29(17-21-9-6-10-22(26)16-21)18-23-11-12-24(31-23)25(30)27-13-7-15-28-14-5-4-8-20(28)3/h6,9-12,16,19-20H,4-5,7-8,13-15,17-18H2,1-3H3,(H,27,30)/t20-/m1/s1. The number of piperidine rings is 1. The fourth-order valence-electron chi connectivity index (χ4n) is 4.14. The predicted molar refractivity (Wildman–Crippen MR) is 121 cm³/mol. The van der Waals surface area contributed by atoms with Gasteiger partial charge >= 0.3 is 0 Å². The van der Waals surface area contributed by atoms with Crippen molar-refractivity contribution in [3.63, 3.8) is 0 Å². The number of hydrogen-bond acceptors (Lipinski definition) is 4. The van der Waals surface area contributed by atoms with E-state index in [4.69, 9.17) is 4.42 Å². The molecule has 6 heteroatoms. The Labute approximate surface area is 185 Å². The molecular formula is C25H36FN3O2. The van der Waals surface area contributed by atoms with E-state index in [0.29, 0.717) is 31.4 Å². The van der Waals surface area contributed by atoms with Crippen molar-refractivity contribution in [2.75, 3.05) is 19.6 Å². The molecule has 0 unspecified atom stereocenters. The Kier molecular flexibility index (Phi) is 8.67. The van der Waals surface area contributed by atoms with Crippen molar-refractivity contribution in [2.24, 2.45) is 0 Å². The van der Waals surface area contributed by atoms with Crippen LogP contribution in [0.4, 0.5) is 4.39 Å². The van der Waals surface area contributed by atoms with Crippen molar-refractivity contribution in [3.8, 4) is 0 Å². The van der Waals surface area contributed by atoms with Crippen molar-refractivity contribution >= 4 is 5.91 Å². The number of nitrogens with zero attached hydrogens (tertiary/aromatic N) is 2. The summed E-state index contributed by atoms with van der Waals surface area (Å²) in [7, 11) is 0. The molecule has 5 nitrogen and oxygen atoms in total. The molecule has 2 aromatic rings. The van der Waals surface area contributed by atoms with Crippen molar-refractivity contribution < 1.29 is 13.6 Å². The maximum absolute atomic E-state index is 13.5. The Morgan fingerprint density at radius 2 is 2.10 bits per heavy atom. The van der Waals surface area contributed by atoms with Crippen molar-refractivity contribution in [1.29, 1.82) is 0 Å². The van der Waals surface area contributed by atoms with Gasteiger partial charge in [0, 0.05) is 31.7 Å². The van der Waals surface area contributed by atoms with Crippen molar-refractivity contribution in [3.05, 3.63) is 59.3 Å². The van der Waals surface area contributed by atoms with Gasteiger partial charge in [-0.15, -0.1) is 0 Å². The monoisotopic (exact) mass is 429 g/mol. The molecule has 1 aromatic heterocycles. The normalized spacial score (nSPS) is 17.4. The van der Waals surface area contributed by atoms with E-state index >= 15 is 0 Å². The van der Waals surface area contributed by atoms with Gasteiger partial charge in [0.15, 0.2) is 5.76 Å². The van der Waals surface area contributed by atoms with E-state index < -0.39 is 0 Å². The highest BCUT2D eigenvalue weighted by Crippen LogP contribution is 2.17. The summed E-state index contributed by atoms with van der Waals surface area (Å²) in [6, 6.07) is 11.1. The molecule has 0 aliphatic carbocycles. The molecule has 170 valence electrons. The van der Waals surface area contributed by atoms with Crippen LogP contribution in [0, 0.1) is 5.82 Å². The number of rotatable bonds is 10. The van der Waals surface area contributed by atoms with Crippen LogP contribution in [0.15, 0.2) is 40.8 Å². The first-order valence-corrected chi connectivity index (χ1v) is 11.5. The molecule has 1 saturated heterocycles. The van der Waals surface area contributed by atoms with Crippen LogP contribution in [0.1, 0.15) is 68.3 Å². The summed E-state index contributed by atoms with van der Waals surface area (Å²) in [5.41, 5.74) is 0.918. The molecule has 1 atom stereocenters. The first kappa shape index (κ1) is 23.5. The van der Waals surface area contributed by atoms with Crippen molar-refractivity contribution in [1.82, 2.24) is 15.1 Å². The molecule has 2 heterocycles. The van der Waals surface area contributed by atoms with Crippen LogP contribution in [0.3, 0.4) is 0 Å². The third-order valence-corrected chi connectivity index (χ3v) is 6.10. The van der Waals surface area contributed by atoms with Crippen LogP contribution in [-0.2, 0) is 13.1 Å². The molecule has 1 fully saturated rings. The predicted octanol–water partition coefficient (Wildman–Crippen LogP) is 4.82. The van der Waals surface area contributed by atoms with Gasteiger partial charge in [-0.3, -0.25) is 9.69 Å². The minimum absolute atomic E-state index is 0.167. The Morgan fingerprint density at radius 1 is 1.26 bits per heavy atom. The zero-order valence-electron chi connectivity index (χ0n) is 19.1. The number of carbonyl (C=O) groups is 1. The minimum Gasteiger partial charge on any atom is -0.455 e. The highest BCUT2D eigenvalue weighted by molar-refractivity contribution is 5.91. The van der Waals surface area contributed by atoms with Crippen LogP contribution < -0.4 is 5.32 Å². The number of amides is 1. The molecule has 0 radical (unpaired) electrons. The Bertz CT molecular complexity index is 836. The van der Waals surface area contributed by atoms with E-state index in [1.807, 2.05) is 12.1 Å². The van der Waals surface area contributed by atoms with E-state index in [9.17, 15) is 9.18 Å².